The molecule has 0 aliphatic heterocycles. The van der Waals surface area contributed by atoms with Crippen LogP contribution in [0.3, 0.4) is 0 Å². The van der Waals surface area contributed by atoms with Crippen molar-refractivity contribution < 1.29 is 4.42 Å². The quantitative estimate of drug-likeness (QED) is 0.845. The zero-order chi connectivity index (χ0) is 10.3. The van der Waals surface area contributed by atoms with Crippen LogP contribution >= 0.6 is 11.3 Å². The molecule has 1 aliphatic rings. The average Bonchev–Trinajstić information content (AvgIpc) is 2.91. The smallest absolute Gasteiger partial charge is 0.236 e. The molecule has 2 heterocycles. The molecule has 2 N–H and O–H groups in total. The lowest BCUT2D eigenvalue weighted by Gasteiger charge is -1.89. The summed E-state index contributed by atoms with van der Waals surface area (Å²) in [4.78, 5) is 6.77. The van der Waals surface area contributed by atoms with E-state index in [0.717, 1.165) is 35.1 Å². The predicted molar refractivity (Wildman–Crippen MR) is 59.7 cm³/mol. The third-order valence-electron chi connectivity index (χ3n) is 2.67. The van der Waals surface area contributed by atoms with E-state index >= 15 is 0 Å². The van der Waals surface area contributed by atoms with Crippen LogP contribution in [0.5, 0.6) is 0 Å². The second kappa shape index (κ2) is 3.47. The molecular formula is C11H12N2OS. The van der Waals surface area contributed by atoms with E-state index in [-0.39, 0.29) is 0 Å². The van der Waals surface area contributed by atoms with Gasteiger partial charge >= 0.3 is 0 Å². The van der Waals surface area contributed by atoms with Gasteiger partial charge in [-0.25, -0.2) is 4.98 Å². The summed E-state index contributed by atoms with van der Waals surface area (Å²) in [6.45, 7) is 0.588. The van der Waals surface area contributed by atoms with Crippen LogP contribution in [0.25, 0.3) is 10.8 Å². The van der Waals surface area contributed by atoms with Crippen molar-refractivity contribution in [1.82, 2.24) is 4.98 Å². The molecule has 0 saturated heterocycles. The third-order valence-corrected chi connectivity index (χ3v) is 3.76. The van der Waals surface area contributed by atoms with Crippen LogP contribution in [0.2, 0.25) is 0 Å². The Kier molecular flexibility index (Phi) is 2.11. The highest BCUT2D eigenvalue weighted by Gasteiger charge is 2.19. The Hall–Kier alpha value is -1.13. The maximum absolute atomic E-state index is 5.73. The van der Waals surface area contributed by atoms with E-state index in [1.807, 2.05) is 12.1 Å². The van der Waals surface area contributed by atoms with E-state index in [2.05, 4.69) is 4.98 Å². The van der Waals surface area contributed by atoms with Crippen LogP contribution in [-0.4, -0.2) is 4.98 Å². The zero-order valence-electron chi connectivity index (χ0n) is 8.32. The number of oxazole rings is 1. The summed E-state index contributed by atoms with van der Waals surface area (Å²) in [5, 5.41) is 0. The minimum Gasteiger partial charge on any atom is -0.440 e. The Balaban J connectivity index is 1.98. The lowest BCUT2D eigenvalue weighted by molar-refractivity contribution is 0.524. The Morgan fingerprint density at radius 1 is 1.40 bits per heavy atom. The number of nitrogens with two attached hydrogens (primary N) is 1. The van der Waals surface area contributed by atoms with E-state index in [9.17, 15) is 0 Å². The zero-order valence-corrected chi connectivity index (χ0v) is 9.14. The summed E-state index contributed by atoms with van der Waals surface area (Å²) in [6, 6.07) is 4.07. The summed E-state index contributed by atoms with van der Waals surface area (Å²) < 4.78 is 5.73. The maximum Gasteiger partial charge on any atom is 0.236 e. The minimum absolute atomic E-state index is 0.588. The second-order valence-corrected chi connectivity index (χ2v) is 4.88. The third kappa shape index (κ3) is 1.50. The summed E-state index contributed by atoms with van der Waals surface area (Å²) in [6.07, 6.45) is 3.28. The van der Waals surface area contributed by atoms with Crippen LogP contribution in [0.4, 0.5) is 0 Å². The van der Waals surface area contributed by atoms with Gasteiger partial charge in [-0.3, -0.25) is 0 Å². The summed E-state index contributed by atoms with van der Waals surface area (Å²) in [5.41, 5.74) is 6.72. The molecule has 0 unspecified atom stereocenters. The molecule has 0 aromatic carbocycles. The molecule has 4 heteroatoms. The van der Waals surface area contributed by atoms with Gasteiger partial charge < -0.3 is 10.2 Å². The molecule has 0 atom stereocenters. The monoisotopic (exact) mass is 220 g/mol. The standard InChI is InChI=1S/C11H12N2OS/c12-6-7-4-5-10(15-7)11-13-8-2-1-3-9(8)14-11/h4-5H,1-3,6,12H2. The first-order valence-corrected chi connectivity index (χ1v) is 5.96. The number of hydrogen-bond donors (Lipinski definition) is 1. The Labute approximate surface area is 91.9 Å². The Morgan fingerprint density at radius 2 is 2.33 bits per heavy atom. The minimum atomic E-state index is 0.588. The predicted octanol–water partition coefficient (Wildman–Crippen LogP) is 2.35. The van der Waals surface area contributed by atoms with Gasteiger partial charge in [0.2, 0.25) is 5.89 Å². The maximum atomic E-state index is 5.73. The highest BCUT2D eigenvalue weighted by molar-refractivity contribution is 7.15. The molecule has 0 spiro atoms. The molecule has 0 radical (unpaired) electrons. The van der Waals surface area contributed by atoms with Crippen LogP contribution in [0, 0.1) is 0 Å². The van der Waals surface area contributed by atoms with Crippen molar-refractivity contribution in [2.24, 2.45) is 5.73 Å². The summed E-state index contributed by atoms with van der Waals surface area (Å²) >= 11 is 1.66. The fraction of sp³-hybridized carbons (Fsp3) is 0.364. The number of aromatic nitrogens is 1. The van der Waals surface area contributed by atoms with E-state index in [4.69, 9.17) is 10.2 Å². The van der Waals surface area contributed by atoms with Gasteiger partial charge in [0.15, 0.2) is 0 Å². The van der Waals surface area contributed by atoms with E-state index in [1.54, 1.807) is 11.3 Å². The first kappa shape index (κ1) is 9.12. The van der Waals surface area contributed by atoms with Gasteiger partial charge in [0.05, 0.1) is 10.6 Å². The number of rotatable bonds is 2. The van der Waals surface area contributed by atoms with Gasteiger partial charge in [-0.05, 0) is 25.0 Å². The lowest BCUT2D eigenvalue weighted by Crippen LogP contribution is -1.91. The molecule has 2 aromatic rings. The molecular weight excluding hydrogens is 208 g/mol. The lowest BCUT2D eigenvalue weighted by atomic mass is 10.3. The van der Waals surface area contributed by atoms with Crippen molar-refractivity contribution in [3.63, 3.8) is 0 Å². The van der Waals surface area contributed by atoms with Crippen molar-refractivity contribution in [3.8, 4) is 10.8 Å². The molecule has 2 aromatic heterocycles. The van der Waals surface area contributed by atoms with E-state index < -0.39 is 0 Å². The molecule has 78 valence electrons. The molecule has 3 rings (SSSR count). The normalized spacial score (nSPS) is 14.5. The van der Waals surface area contributed by atoms with Gasteiger partial charge in [-0.1, -0.05) is 0 Å². The molecule has 0 amide bonds. The number of thiophene rings is 1. The topological polar surface area (TPSA) is 52.0 Å². The van der Waals surface area contributed by atoms with Crippen LogP contribution in [-0.2, 0) is 19.4 Å². The molecule has 0 bridgehead atoms. The van der Waals surface area contributed by atoms with Crippen LogP contribution < -0.4 is 5.73 Å². The number of fused-ring (bicyclic) bond motifs is 1. The number of aryl methyl sites for hydroxylation is 2. The molecule has 3 nitrogen and oxygen atoms in total. The average molecular weight is 220 g/mol. The SMILES string of the molecule is NCc1ccc(-c2nc3c(o2)CCC3)s1. The molecule has 1 aliphatic carbocycles. The Bertz CT molecular complexity index is 465. The highest BCUT2D eigenvalue weighted by Crippen LogP contribution is 2.31. The molecule has 0 saturated carbocycles. The van der Waals surface area contributed by atoms with Gasteiger partial charge in [-0.2, -0.15) is 0 Å². The van der Waals surface area contributed by atoms with Crippen molar-refractivity contribution in [2.45, 2.75) is 25.8 Å². The summed E-state index contributed by atoms with van der Waals surface area (Å²) in [7, 11) is 0. The largest absolute Gasteiger partial charge is 0.440 e. The van der Waals surface area contributed by atoms with E-state index in [0.29, 0.717) is 6.54 Å². The second-order valence-electron chi connectivity index (χ2n) is 3.71. The summed E-state index contributed by atoms with van der Waals surface area (Å²) in [5.74, 6) is 1.84. The fourth-order valence-corrected chi connectivity index (χ4v) is 2.71. The van der Waals surface area contributed by atoms with E-state index in [1.165, 1.54) is 11.3 Å². The van der Waals surface area contributed by atoms with Crippen LogP contribution in [0.15, 0.2) is 16.5 Å². The van der Waals surface area contributed by atoms with Crippen molar-refractivity contribution in [2.75, 3.05) is 0 Å². The van der Waals surface area contributed by atoms with Gasteiger partial charge in [-0.15, -0.1) is 11.3 Å². The number of hydrogen-bond acceptors (Lipinski definition) is 4. The number of nitrogens with zero attached hydrogens (tertiary/aromatic N) is 1. The van der Waals surface area contributed by atoms with Gasteiger partial charge in [0.1, 0.15) is 5.76 Å². The van der Waals surface area contributed by atoms with Gasteiger partial charge in [0.25, 0.3) is 0 Å². The molecule has 0 fully saturated rings. The first-order valence-electron chi connectivity index (χ1n) is 5.14. The molecule has 15 heavy (non-hydrogen) atoms. The fourth-order valence-electron chi connectivity index (χ4n) is 1.90. The first-order chi connectivity index (χ1) is 7.36. The Morgan fingerprint density at radius 3 is 3.07 bits per heavy atom. The van der Waals surface area contributed by atoms with Crippen LogP contribution in [0.1, 0.15) is 22.8 Å². The van der Waals surface area contributed by atoms with Crippen molar-refractivity contribution >= 4 is 11.3 Å². The highest BCUT2D eigenvalue weighted by atomic mass is 32.1. The van der Waals surface area contributed by atoms with Crippen molar-refractivity contribution in [1.29, 1.82) is 0 Å². The van der Waals surface area contributed by atoms with Crippen molar-refractivity contribution in [3.05, 3.63) is 28.5 Å². The van der Waals surface area contributed by atoms with Gasteiger partial charge in [0, 0.05) is 17.8 Å².